The molecule has 3 rings (SSSR count). The first-order valence-electron chi connectivity index (χ1n) is 9.40. The van der Waals surface area contributed by atoms with Crippen molar-refractivity contribution in [2.24, 2.45) is 0 Å². The number of imide groups is 1. The summed E-state index contributed by atoms with van der Waals surface area (Å²) < 4.78 is 5.66. The maximum Gasteiger partial charge on any atom is 0.261 e. The highest BCUT2D eigenvalue weighted by Crippen LogP contribution is 2.22. The van der Waals surface area contributed by atoms with Gasteiger partial charge in [0.15, 0.2) is 0 Å². The summed E-state index contributed by atoms with van der Waals surface area (Å²) in [6.45, 7) is 4.48. The molecule has 0 saturated heterocycles. The van der Waals surface area contributed by atoms with Gasteiger partial charge < -0.3 is 10.1 Å². The maximum atomic E-state index is 12.3. The van der Waals surface area contributed by atoms with Gasteiger partial charge in [0.25, 0.3) is 11.8 Å². The summed E-state index contributed by atoms with van der Waals surface area (Å²) >= 11 is 0. The Hall–Kier alpha value is -3.15. The Kier molecular flexibility index (Phi) is 6.09. The highest BCUT2D eigenvalue weighted by atomic mass is 16.5. The van der Waals surface area contributed by atoms with Crippen molar-refractivity contribution in [3.05, 3.63) is 65.2 Å². The first-order valence-corrected chi connectivity index (χ1v) is 9.40. The fourth-order valence-corrected chi connectivity index (χ4v) is 3.08. The monoisotopic (exact) mass is 380 g/mol. The zero-order valence-corrected chi connectivity index (χ0v) is 16.1. The molecule has 0 bridgehead atoms. The van der Waals surface area contributed by atoms with Gasteiger partial charge >= 0.3 is 0 Å². The van der Waals surface area contributed by atoms with E-state index in [1.165, 1.54) is 4.90 Å². The minimum atomic E-state index is -0.291. The van der Waals surface area contributed by atoms with Crippen LogP contribution in [0, 0.1) is 6.92 Å². The summed E-state index contributed by atoms with van der Waals surface area (Å²) in [6.07, 6.45) is 0.658. The van der Waals surface area contributed by atoms with Crippen LogP contribution in [0.3, 0.4) is 0 Å². The molecule has 0 aromatic heterocycles. The highest BCUT2D eigenvalue weighted by molar-refractivity contribution is 6.21. The number of aryl methyl sites for hydroxylation is 1. The van der Waals surface area contributed by atoms with Crippen LogP contribution in [-0.4, -0.2) is 41.8 Å². The molecule has 28 heavy (non-hydrogen) atoms. The number of carbonyl (C=O) groups excluding carboxylic acids is 3. The predicted molar refractivity (Wildman–Crippen MR) is 105 cm³/mol. The molecule has 1 N–H and O–H groups in total. The van der Waals surface area contributed by atoms with E-state index in [0.29, 0.717) is 24.2 Å². The van der Waals surface area contributed by atoms with Gasteiger partial charge in [0, 0.05) is 13.0 Å². The molecule has 2 aromatic rings. The number of hydrogen-bond acceptors (Lipinski definition) is 4. The van der Waals surface area contributed by atoms with E-state index >= 15 is 0 Å². The van der Waals surface area contributed by atoms with Crippen LogP contribution >= 0.6 is 0 Å². The number of benzene rings is 2. The summed E-state index contributed by atoms with van der Waals surface area (Å²) in [5.41, 5.74) is 2.02. The number of fused-ring (bicyclic) bond motifs is 1. The fraction of sp³-hybridized carbons (Fsp3) is 0.318. The van der Waals surface area contributed by atoms with Crippen molar-refractivity contribution in [2.45, 2.75) is 32.7 Å². The van der Waals surface area contributed by atoms with E-state index in [2.05, 4.69) is 5.32 Å². The van der Waals surface area contributed by atoms with Crippen LogP contribution in [0.25, 0.3) is 0 Å². The fourth-order valence-electron chi connectivity index (χ4n) is 3.08. The van der Waals surface area contributed by atoms with Crippen LogP contribution in [0.1, 0.15) is 46.0 Å². The molecule has 0 radical (unpaired) electrons. The van der Waals surface area contributed by atoms with Gasteiger partial charge in [-0.1, -0.05) is 29.8 Å². The Morgan fingerprint density at radius 2 is 1.64 bits per heavy atom. The summed E-state index contributed by atoms with van der Waals surface area (Å²) in [4.78, 5) is 37.9. The average molecular weight is 380 g/mol. The van der Waals surface area contributed by atoms with Gasteiger partial charge in [0.2, 0.25) is 5.91 Å². The molecule has 1 heterocycles. The molecular formula is C22H24N2O4. The molecule has 6 heteroatoms. The number of nitrogens with one attached hydrogen (secondary N) is 1. The normalized spacial score (nSPS) is 14.0. The Morgan fingerprint density at radius 1 is 1.04 bits per heavy atom. The lowest BCUT2D eigenvalue weighted by molar-refractivity contribution is -0.122. The van der Waals surface area contributed by atoms with Crippen LogP contribution in [0.5, 0.6) is 5.75 Å². The van der Waals surface area contributed by atoms with Crippen LogP contribution in [0.2, 0.25) is 0 Å². The van der Waals surface area contributed by atoms with Crippen molar-refractivity contribution in [3.8, 4) is 5.75 Å². The standard InChI is InChI=1S/C22H24N2O4/c1-15-9-11-17(12-10-15)28-14-16(2)23-20(25)8-5-13-24-21(26)18-6-3-4-7-19(18)22(24)27/h3-4,6-7,9-12,16H,5,8,13-14H2,1-2H3,(H,23,25). The lowest BCUT2D eigenvalue weighted by atomic mass is 10.1. The molecule has 1 atom stereocenters. The van der Waals surface area contributed by atoms with E-state index in [-0.39, 0.29) is 36.7 Å². The molecular weight excluding hydrogens is 356 g/mol. The number of carbonyl (C=O) groups is 3. The van der Waals surface area contributed by atoms with E-state index in [0.717, 1.165) is 11.3 Å². The Bertz CT molecular complexity index is 841. The second-order valence-corrected chi connectivity index (χ2v) is 7.00. The first-order chi connectivity index (χ1) is 13.5. The van der Waals surface area contributed by atoms with E-state index in [1.807, 2.05) is 38.1 Å². The second-order valence-electron chi connectivity index (χ2n) is 7.00. The van der Waals surface area contributed by atoms with Gasteiger partial charge in [0.05, 0.1) is 17.2 Å². The van der Waals surface area contributed by atoms with Gasteiger partial charge in [-0.15, -0.1) is 0 Å². The van der Waals surface area contributed by atoms with Crippen molar-refractivity contribution in [1.29, 1.82) is 0 Å². The number of rotatable bonds is 8. The third kappa shape index (κ3) is 4.57. The van der Waals surface area contributed by atoms with Crippen LogP contribution in [0.15, 0.2) is 48.5 Å². The van der Waals surface area contributed by atoms with Crippen LogP contribution < -0.4 is 10.1 Å². The van der Waals surface area contributed by atoms with Gasteiger partial charge in [-0.2, -0.15) is 0 Å². The molecule has 3 amide bonds. The molecule has 2 aromatic carbocycles. The lowest BCUT2D eigenvalue weighted by Gasteiger charge is -2.16. The molecule has 0 aliphatic carbocycles. The summed E-state index contributed by atoms with van der Waals surface area (Å²) in [5.74, 6) is 0.0516. The molecule has 1 unspecified atom stereocenters. The predicted octanol–water partition coefficient (Wildman–Crippen LogP) is 2.95. The zero-order chi connectivity index (χ0) is 20.1. The Morgan fingerprint density at radius 3 is 2.25 bits per heavy atom. The van der Waals surface area contributed by atoms with Gasteiger partial charge in [-0.3, -0.25) is 19.3 Å². The van der Waals surface area contributed by atoms with E-state index in [1.54, 1.807) is 24.3 Å². The van der Waals surface area contributed by atoms with Crippen LogP contribution in [-0.2, 0) is 4.79 Å². The molecule has 1 aliphatic heterocycles. The Balaban J connectivity index is 1.39. The highest BCUT2D eigenvalue weighted by Gasteiger charge is 2.34. The van der Waals surface area contributed by atoms with Crippen molar-refractivity contribution in [2.75, 3.05) is 13.2 Å². The second kappa shape index (κ2) is 8.69. The number of amides is 3. The molecule has 0 saturated carbocycles. The summed E-state index contributed by atoms with van der Waals surface area (Å²) in [6, 6.07) is 14.4. The quantitative estimate of drug-likeness (QED) is 0.715. The summed E-state index contributed by atoms with van der Waals surface area (Å²) in [7, 11) is 0. The average Bonchev–Trinajstić information content (AvgIpc) is 2.93. The van der Waals surface area contributed by atoms with Crippen molar-refractivity contribution >= 4 is 17.7 Å². The Labute approximate surface area is 164 Å². The van der Waals surface area contributed by atoms with Crippen molar-refractivity contribution in [3.63, 3.8) is 0 Å². The lowest BCUT2D eigenvalue weighted by Crippen LogP contribution is -2.37. The maximum absolute atomic E-state index is 12.3. The number of nitrogens with zero attached hydrogens (tertiary/aromatic N) is 1. The van der Waals surface area contributed by atoms with Gasteiger partial charge in [-0.25, -0.2) is 0 Å². The molecule has 146 valence electrons. The number of ether oxygens (including phenoxy) is 1. The van der Waals surface area contributed by atoms with E-state index in [4.69, 9.17) is 4.74 Å². The van der Waals surface area contributed by atoms with E-state index < -0.39 is 0 Å². The smallest absolute Gasteiger partial charge is 0.261 e. The van der Waals surface area contributed by atoms with Gasteiger partial charge in [-0.05, 0) is 44.5 Å². The van der Waals surface area contributed by atoms with Crippen molar-refractivity contribution in [1.82, 2.24) is 10.2 Å². The summed E-state index contributed by atoms with van der Waals surface area (Å²) in [5, 5.41) is 2.87. The minimum Gasteiger partial charge on any atom is -0.491 e. The van der Waals surface area contributed by atoms with E-state index in [9.17, 15) is 14.4 Å². The van der Waals surface area contributed by atoms with Crippen molar-refractivity contribution < 1.29 is 19.1 Å². The first kappa shape index (κ1) is 19.6. The third-order valence-electron chi connectivity index (χ3n) is 4.59. The topological polar surface area (TPSA) is 75.7 Å². The third-order valence-corrected chi connectivity index (χ3v) is 4.59. The van der Waals surface area contributed by atoms with Gasteiger partial charge in [0.1, 0.15) is 12.4 Å². The van der Waals surface area contributed by atoms with Crippen LogP contribution in [0.4, 0.5) is 0 Å². The number of hydrogen-bond donors (Lipinski definition) is 1. The zero-order valence-electron chi connectivity index (χ0n) is 16.1. The SMILES string of the molecule is Cc1ccc(OCC(C)NC(=O)CCCN2C(=O)c3ccccc3C2=O)cc1. The molecule has 1 aliphatic rings. The molecule has 0 fully saturated rings. The molecule has 0 spiro atoms. The molecule has 6 nitrogen and oxygen atoms in total. The minimum absolute atomic E-state index is 0.128. The largest absolute Gasteiger partial charge is 0.491 e.